The van der Waals surface area contributed by atoms with E-state index in [0.717, 1.165) is 28.5 Å². The molecule has 3 aromatic rings. The van der Waals surface area contributed by atoms with Gasteiger partial charge in [0, 0.05) is 11.8 Å². The second-order valence-corrected chi connectivity index (χ2v) is 9.09. The molecule has 0 saturated carbocycles. The van der Waals surface area contributed by atoms with Gasteiger partial charge in [0.05, 0.1) is 10.6 Å². The Hall–Kier alpha value is -2.28. The van der Waals surface area contributed by atoms with E-state index in [4.69, 9.17) is 16.6 Å². The molecule has 1 aromatic heterocycles. The summed E-state index contributed by atoms with van der Waals surface area (Å²) in [6.45, 7) is 2.07. The van der Waals surface area contributed by atoms with Gasteiger partial charge in [0.25, 0.3) is 5.91 Å². The second kappa shape index (κ2) is 9.03. The van der Waals surface area contributed by atoms with Gasteiger partial charge in [-0.05, 0) is 35.7 Å². The summed E-state index contributed by atoms with van der Waals surface area (Å²) in [4.78, 5) is 15.2. The Morgan fingerprint density at radius 3 is 2.62 bits per heavy atom. The standard InChI is InChI=1S/C23H19NO2S3/c1-2-17-10-6-7-11-19(17)24-22(25)20(29-23(24)27)14-18-12-13-21(26-18)28-15-16-8-4-3-5-9-16/h3-14H,2,15H2,1H3. The maximum atomic E-state index is 13.0. The van der Waals surface area contributed by atoms with Gasteiger partial charge in [0.1, 0.15) is 5.76 Å². The first-order chi connectivity index (χ1) is 14.2. The lowest BCUT2D eigenvalue weighted by atomic mass is 10.1. The number of thioether (sulfide) groups is 2. The van der Waals surface area contributed by atoms with Crippen molar-refractivity contribution in [3.05, 3.63) is 88.5 Å². The van der Waals surface area contributed by atoms with Crippen LogP contribution < -0.4 is 4.90 Å². The van der Waals surface area contributed by atoms with Crippen LogP contribution in [-0.4, -0.2) is 10.2 Å². The Labute approximate surface area is 184 Å². The largest absolute Gasteiger partial charge is 0.450 e. The van der Waals surface area contributed by atoms with Crippen molar-refractivity contribution in [3.63, 3.8) is 0 Å². The number of hydrogen-bond donors (Lipinski definition) is 0. The molecule has 0 bridgehead atoms. The molecule has 1 amide bonds. The Morgan fingerprint density at radius 1 is 1.07 bits per heavy atom. The van der Waals surface area contributed by atoms with E-state index in [-0.39, 0.29) is 5.91 Å². The molecule has 1 saturated heterocycles. The molecule has 0 atom stereocenters. The fourth-order valence-corrected chi connectivity index (χ4v) is 5.14. The summed E-state index contributed by atoms with van der Waals surface area (Å²) in [5, 5.41) is 0.826. The highest BCUT2D eigenvalue weighted by molar-refractivity contribution is 8.27. The maximum absolute atomic E-state index is 13.0. The minimum atomic E-state index is -0.101. The summed E-state index contributed by atoms with van der Waals surface area (Å²) in [5.41, 5.74) is 3.20. The zero-order valence-corrected chi connectivity index (χ0v) is 18.3. The third kappa shape index (κ3) is 4.50. The number of nitrogens with zero attached hydrogens (tertiary/aromatic N) is 1. The van der Waals surface area contributed by atoms with E-state index in [1.165, 1.54) is 17.3 Å². The van der Waals surface area contributed by atoms with E-state index in [9.17, 15) is 4.79 Å². The van der Waals surface area contributed by atoms with E-state index < -0.39 is 0 Å². The van der Waals surface area contributed by atoms with Gasteiger partial charge < -0.3 is 4.42 Å². The van der Waals surface area contributed by atoms with Crippen molar-refractivity contribution in [3.8, 4) is 0 Å². The zero-order chi connectivity index (χ0) is 20.2. The smallest absolute Gasteiger partial charge is 0.270 e. The summed E-state index contributed by atoms with van der Waals surface area (Å²) in [7, 11) is 0. The van der Waals surface area contributed by atoms with Gasteiger partial charge in [-0.15, -0.1) is 0 Å². The quantitative estimate of drug-likeness (QED) is 0.248. The van der Waals surface area contributed by atoms with E-state index in [1.807, 2.05) is 54.6 Å². The maximum Gasteiger partial charge on any atom is 0.270 e. The van der Waals surface area contributed by atoms with Gasteiger partial charge in [-0.1, -0.05) is 91.2 Å². The Balaban J connectivity index is 1.50. The van der Waals surface area contributed by atoms with Crippen molar-refractivity contribution in [1.29, 1.82) is 0 Å². The van der Waals surface area contributed by atoms with Gasteiger partial charge in [0.15, 0.2) is 9.41 Å². The third-order valence-corrected chi connectivity index (χ3v) is 6.79. The Bertz CT molecular complexity index is 1070. The van der Waals surface area contributed by atoms with Crippen LogP contribution in [0.4, 0.5) is 5.69 Å². The van der Waals surface area contributed by atoms with Gasteiger partial charge in [-0.25, -0.2) is 0 Å². The number of amides is 1. The van der Waals surface area contributed by atoms with Gasteiger partial charge in [-0.2, -0.15) is 0 Å². The minimum Gasteiger partial charge on any atom is -0.450 e. The number of hydrogen-bond acceptors (Lipinski definition) is 5. The number of para-hydroxylation sites is 1. The molecule has 4 rings (SSSR count). The highest BCUT2D eigenvalue weighted by Gasteiger charge is 2.34. The van der Waals surface area contributed by atoms with E-state index in [0.29, 0.717) is 15.0 Å². The number of thiocarbonyl (C=S) groups is 1. The fraction of sp³-hybridized carbons (Fsp3) is 0.130. The highest BCUT2D eigenvalue weighted by Crippen LogP contribution is 2.38. The van der Waals surface area contributed by atoms with Crippen LogP contribution in [0.1, 0.15) is 23.8 Å². The lowest BCUT2D eigenvalue weighted by molar-refractivity contribution is -0.113. The lowest BCUT2D eigenvalue weighted by Crippen LogP contribution is -2.28. The molecule has 0 radical (unpaired) electrons. The van der Waals surface area contributed by atoms with Crippen molar-refractivity contribution in [2.24, 2.45) is 0 Å². The first kappa shape index (κ1) is 20.0. The first-order valence-corrected chi connectivity index (χ1v) is 11.5. The van der Waals surface area contributed by atoms with Crippen LogP contribution in [0.15, 0.2) is 81.1 Å². The first-order valence-electron chi connectivity index (χ1n) is 9.28. The van der Waals surface area contributed by atoms with Crippen LogP contribution in [0.3, 0.4) is 0 Å². The molecular weight excluding hydrogens is 418 g/mol. The van der Waals surface area contributed by atoms with Crippen molar-refractivity contribution >= 4 is 57.7 Å². The van der Waals surface area contributed by atoms with Gasteiger partial charge >= 0.3 is 0 Å². The molecule has 146 valence electrons. The molecule has 2 heterocycles. The minimum absolute atomic E-state index is 0.101. The molecule has 1 aliphatic heterocycles. The summed E-state index contributed by atoms with van der Waals surface area (Å²) < 4.78 is 6.44. The van der Waals surface area contributed by atoms with Crippen LogP contribution in [0.2, 0.25) is 0 Å². The zero-order valence-electron chi connectivity index (χ0n) is 15.8. The number of anilines is 1. The number of carbonyl (C=O) groups excluding carboxylic acids is 1. The van der Waals surface area contributed by atoms with Crippen molar-refractivity contribution < 1.29 is 9.21 Å². The van der Waals surface area contributed by atoms with Crippen molar-refractivity contribution in [2.45, 2.75) is 24.2 Å². The van der Waals surface area contributed by atoms with E-state index >= 15 is 0 Å². The third-order valence-electron chi connectivity index (χ3n) is 4.51. The Kier molecular flexibility index (Phi) is 6.23. The number of carbonyl (C=O) groups is 1. The van der Waals surface area contributed by atoms with Crippen LogP contribution in [0.25, 0.3) is 6.08 Å². The van der Waals surface area contributed by atoms with Crippen LogP contribution in [-0.2, 0) is 17.0 Å². The summed E-state index contributed by atoms with van der Waals surface area (Å²) in [6.07, 6.45) is 2.62. The summed E-state index contributed by atoms with van der Waals surface area (Å²) in [6, 6.07) is 22.0. The molecule has 6 heteroatoms. The number of benzene rings is 2. The molecule has 1 fully saturated rings. The van der Waals surface area contributed by atoms with Crippen LogP contribution in [0, 0.1) is 0 Å². The molecule has 29 heavy (non-hydrogen) atoms. The molecule has 0 N–H and O–H groups in total. The van der Waals surface area contributed by atoms with Crippen molar-refractivity contribution in [1.82, 2.24) is 0 Å². The van der Waals surface area contributed by atoms with E-state index in [1.54, 1.807) is 22.7 Å². The molecule has 3 nitrogen and oxygen atoms in total. The topological polar surface area (TPSA) is 33.5 Å². The molecule has 2 aromatic carbocycles. The molecule has 1 aliphatic rings. The summed E-state index contributed by atoms with van der Waals surface area (Å²) in [5.74, 6) is 1.39. The monoisotopic (exact) mass is 437 g/mol. The predicted octanol–water partition coefficient (Wildman–Crippen LogP) is 6.54. The van der Waals surface area contributed by atoms with E-state index in [2.05, 4.69) is 19.1 Å². The SMILES string of the molecule is CCc1ccccc1N1C(=O)C(=Cc2ccc(SCc3ccccc3)o2)SC1=S. The predicted molar refractivity (Wildman–Crippen MR) is 126 cm³/mol. The van der Waals surface area contributed by atoms with Gasteiger partial charge in [0.2, 0.25) is 0 Å². The highest BCUT2D eigenvalue weighted by atomic mass is 32.2. The Morgan fingerprint density at radius 2 is 1.83 bits per heavy atom. The normalized spacial score (nSPS) is 15.5. The van der Waals surface area contributed by atoms with Crippen molar-refractivity contribution in [2.75, 3.05) is 4.90 Å². The number of furan rings is 1. The molecular formula is C23H19NO2S3. The number of aryl methyl sites for hydroxylation is 1. The van der Waals surface area contributed by atoms with Crippen LogP contribution in [0.5, 0.6) is 0 Å². The second-order valence-electron chi connectivity index (χ2n) is 6.43. The fourth-order valence-electron chi connectivity index (χ4n) is 3.05. The molecule has 0 spiro atoms. The van der Waals surface area contributed by atoms with Gasteiger partial charge in [-0.3, -0.25) is 9.69 Å². The summed E-state index contributed by atoms with van der Waals surface area (Å²) >= 11 is 8.44. The molecule has 0 unspecified atom stereocenters. The average Bonchev–Trinajstić information content (AvgIpc) is 3.31. The number of rotatable bonds is 6. The van der Waals surface area contributed by atoms with Crippen LogP contribution >= 0.6 is 35.7 Å². The lowest BCUT2D eigenvalue weighted by Gasteiger charge is -2.17. The molecule has 0 aliphatic carbocycles. The average molecular weight is 438 g/mol.